The van der Waals surface area contributed by atoms with E-state index in [1.807, 2.05) is 6.92 Å². The van der Waals surface area contributed by atoms with Gasteiger partial charge in [-0.25, -0.2) is 4.39 Å². The molecular formula is C19H19FN2O3. The zero-order chi connectivity index (χ0) is 17.8. The van der Waals surface area contributed by atoms with Gasteiger partial charge in [-0.05, 0) is 48.9 Å². The highest BCUT2D eigenvalue weighted by molar-refractivity contribution is 6.06. The summed E-state index contributed by atoms with van der Waals surface area (Å²) in [6.45, 7) is 2.37. The molecule has 0 spiro atoms. The lowest BCUT2D eigenvalue weighted by atomic mass is 10.2. The van der Waals surface area contributed by atoms with E-state index in [1.54, 1.807) is 30.3 Å². The van der Waals surface area contributed by atoms with E-state index in [2.05, 4.69) is 10.3 Å². The number of H-pyrrole nitrogens is 1. The summed E-state index contributed by atoms with van der Waals surface area (Å²) in [5, 5.41) is 12.9. The monoisotopic (exact) mass is 342 g/mol. The number of nitrogens with one attached hydrogen (secondary N) is 2. The smallest absolute Gasteiger partial charge is 0.272 e. The van der Waals surface area contributed by atoms with Crippen molar-refractivity contribution in [3.63, 3.8) is 0 Å². The third kappa shape index (κ3) is 3.80. The summed E-state index contributed by atoms with van der Waals surface area (Å²) in [5.41, 5.74) is 2.16. The quantitative estimate of drug-likeness (QED) is 0.637. The molecule has 3 aromatic rings. The first kappa shape index (κ1) is 17.0. The van der Waals surface area contributed by atoms with E-state index in [-0.39, 0.29) is 18.3 Å². The van der Waals surface area contributed by atoms with Crippen molar-refractivity contribution in [2.75, 3.05) is 11.9 Å². The highest BCUT2D eigenvalue weighted by atomic mass is 19.1. The fraction of sp³-hybridized carbons (Fsp3) is 0.211. The number of amides is 1. The fourth-order valence-corrected chi connectivity index (χ4v) is 2.56. The van der Waals surface area contributed by atoms with Crippen molar-refractivity contribution in [1.29, 1.82) is 0 Å². The summed E-state index contributed by atoms with van der Waals surface area (Å²) in [5.74, 6) is -0.0973. The number of halogens is 1. The van der Waals surface area contributed by atoms with Crippen molar-refractivity contribution in [2.45, 2.75) is 20.0 Å². The molecule has 130 valence electrons. The Morgan fingerprint density at radius 3 is 2.84 bits per heavy atom. The second kappa shape index (κ2) is 7.36. The average Bonchev–Trinajstić information content (AvgIpc) is 3.03. The Bertz CT molecular complexity index is 905. The van der Waals surface area contributed by atoms with Crippen LogP contribution >= 0.6 is 0 Å². The van der Waals surface area contributed by atoms with Gasteiger partial charge in [-0.3, -0.25) is 4.79 Å². The molecule has 25 heavy (non-hydrogen) atoms. The van der Waals surface area contributed by atoms with Crippen LogP contribution in [0.5, 0.6) is 5.75 Å². The van der Waals surface area contributed by atoms with E-state index in [1.165, 1.54) is 12.1 Å². The largest absolute Gasteiger partial charge is 0.493 e. The predicted molar refractivity (Wildman–Crippen MR) is 94.4 cm³/mol. The van der Waals surface area contributed by atoms with Crippen molar-refractivity contribution in [2.24, 2.45) is 0 Å². The number of ether oxygens (including phenoxy) is 1. The molecule has 1 heterocycles. The predicted octanol–water partition coefficient (Wildman–Crippen LogP) is 3.84. The molecule has 0 aliphatic heterocycles. The third-order valence-electron chi connectivity index (χ3n) is 3.78. The molecule has 0 atom stereocenters. The van der Waals surface area contributed by atoms with Crippen LogP contribution < -0.4 is 10.1 Å². The SMILES string of the molecule is CCCOc1ccc(NC(=O)c2cc3cc(F)ccc3[nH]2)cc1CO. The zero-order valence-electron chi connectivity index (χ0n) is 13.8. The molecule has 2 aromatic carbocycles. The van der Waals surface area contributed by atoms with Gasteiger partial charge in [0, 0.05) is 22.2 Å². The molecule has 0 aliphatic rings. The second-order valence-electron chi connectivity index (χ2n) is 5.70. The van der Waals surface area contributed by atoms with Gasteiger partial charge in [0.2, 0.25) is 0 Å². The van der Waals surface area contributed by atoms with Crippen molar-refractivity contribution >= 4 is 22.5 Å². The lowest BCUT2D eigenvalue weighted by Gasteiger charge is -2.11. The molecule has 5 nitrogen and oxygen atoms in total. The van der Waals surface area contributed by atoms with Crippen molar-refractivity contribution in [3.8, 4) is 5.75 Å². The van der Waals surface area contributed by atoms with E-state index in [4.69, 9.17) is 4.74 Å². The number of anilines is 1. The maximum absolute atomic E-state index is 13.3. The first-order valence-corrected chi connectivity index (χ1v) is 8.07. The maximum Gasteiger partial charge on any atom is 0.272 e. The Labute approximate surface area is 144 Å². The molecule has 1 aromatic heterocycles. The van der Waals surface area contributed by atoms with Crippen LogP contribution in [0.3, 0.4) is 0 Å². The standard InChI is InChI=1S/C19H19FN2O3/c1-2-7-25-18-6-4-15(9-13(18)11-23)21-19(24)17-10-12-8-14(20)3-5-16(12)22-17/h3-6,8-10,22-23H,2,7,11H2,1H3,(H,21,24). The molecule has 3 N–H and O–H groups in total. The van der Waals surface area contributed by atoms with E-state index in [0.29, 0.717) is 40.2 Å². The van der Waals surface area contributed by atoms with Crippen LogP contribution in [0, 0.1) is 5.82 Å². The number of hydrogen-bond acceptors (Lipinski definition) is 3. The molecule has 0 bridgehead atoms. The van der Waals surface area contributed by atoms with Gasteiger partial charge in [-0.15, -0.1) is 0 Å². The molecule has 0 saturated heterocycles. The normalized spacial score (nSPS) is 10.8. The Balaban J connectivity index is 1.79. The number of rotatable bonds is 6. The minimum absolute atomic E-state index is 0.186. The molecule has 1 amide bonds. The van der Waals surface area contributed by atoms with Crippen LogP contribution in [-0.2, 0) is 6.61 Å². The molecule has 0 radical (unpaired) electrons. The summed E-state index contributed by atoms with van der Waals surface area (Å²) >= 11 is 0. The molecule has 3 rings (SSSR count). The molecule has 0 fully saturated rings. The molecule has 6 heteroatoms. The first-order chi connectivity index (χ1) is 12.1. The van der Waals surface area contributed by atoms with Gasteiger partial charge in [0.05, 0.1) is 13.2 Å². The number of aliphatic hydroxyl groups is 1. The minimum Gasteiger partial charge on any atom is -0.493 e. The number of aliphatic hydroxyl groups excluding tert-OH is 1. The number of carbonyl (C=O) groups is 1. The molecule has 0 unspecified atom stereocenters. The van der Waals surface area contributed by atoms with Crippen LogP contribution in [0.15, 0.2) is 42.5 Å². The fourth-order valence-electron chi connectivity index (χ4n) is 2.56. The van der Waals surface area contributed by atoms with Gasteiger partial charge in [0.1, 0.15) is 17.3 Å². The summed E-state index contributed by atoms with van der Waals surface area (Å²) < 4.78 is 18.8. The van der Waals surface area contributed by atoms with E-state index in [0.717, 1.165) is 6.42 Å². The van der Waals surface area contributed by atoms with Gasteiger partial charge in [-0.2, -0.15) is 0 Å². The second-order valence-corrected chi connectivity index (χ2v) is 5.70. The Hall–Kier alpha value is -2.86. The summed E-state index contributed by atoms with van der Waals surface area (Å²) in [4.78, 5) is 15.4. The highest BCUT2D eigenvalue weighted by Crippen LogP contribution is 2.24. The van der Waals surface area contributed by atoms with Gasteiger partial charge in [0.15, 0.2) is 0 Å². The van der Waals surface area contributed by atoms with Crippen LogP contribution in [0.1, 0.15) is 29.4 Å². The first-order valence-electron chi connectivity index (χ1n) is 8.07. The lowest BCUT2D eigenvalue weighted by molar-refractivity contribution is 0.102. The summed E-state index contributed by atoms with van der Waals surface area (Å²) in [6.07, 6.45) is 0.865. The van der Waals surface area contributed by atoms with Gasteiger partial charge in [0.25, 0.3) is 5.91 Å². The number of fused-ring (bicyclic) bond motifs is 1. The van der Waals surface area contributed by atoms with Crippen molar-refractivity contribution in [3.05, 3.63) is 59.5 Å². The molecule has 0 saturated carbocycles. The van der Waals surface area contributed by atoms with E-state index in [9.17, 15) is 14.3 Å². The topological polar surface area (TPSA) is 74.3 Å². The van der Waals surface area contributed by atoms with Gasteiger partial charge >= 0.3 is 0 Å². The molecular weight excluding hydrogens is 323 g/mol. The van der Waals surface area contributed by atoms with Crippen molar-refractivity contribution < 1.29 is 19.0 Å². The molecule has 0 aliphatic carbocycles. The summed E-state index contributed by atoms with van der Waals surface area (Å²) in [7, 11) is 0. The summed E-state index contributed by atoms with van der Waals surface area (Å²) in [6, 6.07) is 11.0. The number of hydrogen-bond donors (Lipinski definition) is 3. The van der Waals surface area contributed by atoms with Crippen LogP contribution in [0.4, 0.5) is 10.1 Å². The zero-order valence-corrected chi connectivity index (χ0v) is 13.8. The van der Waals surface area contributed by atoms with Crippen LogP contribution in [-0.4, -0.2) is 22.6 Å². The maximum atomic E-state index is 13.3. The van der Waals surface area contributed by atoms with E-state index < -0.39 is 0 Å². The highest BCUT2D eigenvalue weighted by Gasteiger charge is 2.12. The van der Waals surface area contributed by atoms with Crippen LogP contribution in [0.2, 0.25) is 0 Å². The Morgan fingerprint density at radius 2 is 2.08 bits per heavy atom. The number of benzene rings is 2. The van der Waals surface area contributed by atoms with Crippen LogP contribution in [0.25, 0.3) is 10.9 Å². The van der Waals surface area contributed by atoms with Gasteiger partial charge in [-0.1, -0.05) is 6.92 Å². The minimum atomic E-state index is -0.353. The number of carbonyl (C=O) groups excluding carboxylic acids is 1. The lowest BCUT2D eigenvalue weighted by Crippen LogP contribution is -2.12. The number of aromatic nitrogens is 1. The average molecular weight is 342 g/mol. The Morgan fingerprint density at radius 1 is 1.24 bits per heavy atom. The van der Waals surface area contributed by atoms with E-state index >= 15 is 0 Å². The third-order valence-corrected chi connectivity index (χ3v) is 3.78. The Kier molecular flexibility index (Phi) is 5.00. The number of aromatic amines is 1. The van der Waals surface area contributed by atoms with Gasteiger partial charge < -0.3 is 20.1 Å². The van der Waals surface area contributed by atoms with Crippen molar-refractivity contribution in [1.82, 2.24) is 4.98 Å².